The van der Waals surface area contributed by atoms with Crippen molar-refractivity contribution in [3.05, 3.63) is 59.4 Å². The first-order chi connectivity index (χ1) is 9.76. The second kappa shape index (κ2) is 5.64. The molecular formula is C15H13FN2OS. The van der Waals surface area contributed by atoms with E-state index in [1.807, 2.05) is 24.3 Å². The number of para-hydroxylation sites is 2. The van der Waals surface area contributed by atoms with Gasteiger partial charge in [-0.05, 0) is 29.3 Å². The van der Waals surface area contributed by atoms with E-state index < -0.39 is 0 Å². The van der Waals surface area contributed by atoms with Crippen LogP contribution in [0.4, 0.5) is 4.39 Å². The van der Waals surface area contributed by atoms with E-state index in [2.05, 4.69) is 4.98 Å². The molecule has 1 aromatic heterocycles. The van der Waals surface area contributed by atoms with Gasteiger partial charge in [0.1, 0.15) is 11.3 Å². The number of aromatic nitrogens is 1. The molecule has 3 nitrogen and oxygen atoms in total. The Bertz CT molecular complexity index is 709. The standard InChI is InChI=1S/C15H13FN2OS/c16-12-6-5-10(8-17)7-11(12)9-20-15-18-13-3-1-2-4-14(13)19-15/h1-7H,8-9,17H2. The summed E-state index contributed by atoms with van der Waals surface area (Å²) in [7, 11) is 0. The molecule has 102 valence electrons. The normalized spacial score (nSPS) is 11.1. The van der Waals surface area contributed by atoms with Crippen LogP contribution in [0.2, 0.25) is 0 Å². The molecule has 0 radical (unpaired) electrons. The van der Waals surface area contributed by atoms with Crippen molar-refractivity contribution in [1.29, 1.82) is 0 Å². The van der Waals surface area contributed by atoms with Crippen molar-refractivity contribution >= 4 is 22.9 Å². The molecule has 0 aliphatic rings. The van der Waals surface area contributed by atoms with Crippen molar-refractivity contribution in [2.45, 2.75) is 17.5 Å². The molecule has 20 heavy (non-hydrogen) atoms. The minimum atomic E-state index is -0.231. The quantitative estimate of drug-likeness (QED) is 0.743. The molecule has 1 heterocycles. The third-order valence-corrected chi connectivity index (χ3v) is 3.85. The summed E-state index contributed by atoms with van der Waals surface area (Å²) in [6.07, 6.45) is 0. The number of benzene rings is 2. The Morgan fingerprint density at radius 3 is 2.85 bits per heavy atom. The maximum absolute atomic E-state index is 13.7. The molecule has 3 rings (SSSR count). The summed E-state index contributed by atoms with van der Waals surface area (Å²) < 4.78 is 19.3. The van der Waals surface area contributed by atoms with E-state index in [-0.39, 0.29) is 5.82 Å². The molecule has 0 saturated carbocycles. The van der Waals surface area contributed by atoms with Gasteiger partial charge >= 0.3 is 0 Å². The van der Waals surface area contributed by atoms with Crippen molar-refractivity contribution < 1.29 is 8.81 Å². The van der Waals surface area contributed by atoms with Crippen LogP contribution in [0.3, 0.4) is 0 Å². The van der Waals surface area contributed by atoms with Crippen molar-refractivity contribution in [3.8, 4) is 0 Å². The Hall–Kier alpha value is -1.85. The van der Waals surface area contributed by atoms with Crippen molar-refractivity contribution in [2.75, 3.05) is 0 Å². The summed E-state index contributed by atoms with van der Waals surface area (Å²) in [5.74, 6) is 0.234. The molecule has 0 saturated heterocycles. The lowest BCUT2D eigenvalue weighted by atomic mass is 10.1. The number of halogens is 1. The lowest BCUT2D eigenvalue weighted by Gasteiger charge is -2.03. The lowest BCUT2D eigenvalue weighted by molar-refractivity contribution is 0.489. The molecule has 0 aliphatic heterocycles. The predicted octanol–water partition coefficient (Wildman–Crippen LogP) is 3.72. The van der Waals surface area contributed by atoms with Gasteiger partial charge < -0.3 is 10.2 Å². The van der Waals surface area contributed by atoms with Crippen LogP contribution in [0.5, 0.6) is 0 Å². The highest BCUT2D eigenvalue weighted by molar-refractivity contribution is 7.98. The van der Waals surface area contributed by atoms with Crippen LogP contribution in [0.1, 0.15) is 11.1 Å². The first-order valence-electron chi connectivity index (χ1n) is 6.22. The molecule has 0 amide bonds. The number of hydrogen-bond donors (Lipinski definition) is 1. The highest BCUT2D eigenvalue weighted by Gasteiger charge is 2.09. The van der Waals surface area contributed by atoms with Crippen molar-refractivity contribution in [3.63, 3.8) is 0 Å². The number of thioether (sulfide) groups is 1. The topological polar surface area (TPSA) is 52.0 Å². The fraction of sp³-hybridized carbons (Fsp3) is 0.133. The molecule has 0 bridgehead atoms. The predicted molar refractivity (Wildman–Crippen MR) is 77.9 cm³/mol. The van der Waals surface area contributed by atoms with Gasteiger partial charge in [0.05, 0.1) is 0 Å². The van der Waals surface area contributed by atoms with Gasteiger partial charge in [0, 0.05) is 12.3 Å². The molecule has 3 aromatic rings. The minimum absolute atomic E-state index is 0.231. The van der Waals surface area contributed by atoms with Crippen LogP contribution in [0, 0.1) is 5.82 Å². The van der Waals surface area contributed by atoms with Gasteiger partial charge in [-0.15, -0.1) is 0 Å². The van der Waals surface area contributed by atoms with Crippen LogP contribution in [0.15, 0.2) is 52.1 Å². The van der Waals surface area contributed by atoms with Gasteiger partial charge in [-0.3, -0.25) is 0 Å². The largest absolute Gasteiger partial charge is 0.431 e. The minimum Gasteiger partial charge on any atom is -0.431 e. The fourth-order valence-corrected chi connectivity index (χ4v) is 2.73. The summed E-state index contributed by atoms with van der Waals surface area (Å²) in [5, 5.41) is 0.545. The first-order valence-corrected chi connectivity index (χ1v) is 7.20. The maximum atomic E-state index is 13.7. The number of hydrogen-bond acceptors (Lipinski definition) is 4. The maximum Gasteiger partial charge on any atom is 0.257 e. The number of rotatable bonds is 4. The number of fused-ring (bicyclic) bond motifs is 1. The number of nitrogens with zero attached hydrogens (tertiary/aromatic N) is 1. The zero-order valence-electron chi connectivity index (χ0n) is 10.7. The van der Waals surface area contributed by atoms with Gasteiger partial charge in [-0.1, -0.05) is 36.0 Å². The molecule has 2 aromatic carbocycles. The highest BCUT2D eigenvalue weighted by Crippen LogP contribution is 2.27. The molecule has 0 spiro atoms. The first kappa shape index (κ1) is 13.1. The zero-order chi connectivity index (χ0) is 13.9. The molecule has 0 atom stereocenters. The van der Waals surface area contributed by atoms with Gasteiger partial charge in [-0.25, -0.2) is 9.37 Å². The average molecular weight is 288 g/mol. The van der Waals surface area contributed by atoms with Crippen LogP contribution in [0.25, 0.3) is 11.1 Å². The Morgan fingerprint density at radius 1 is 1.20 bits per heavy atom. The van der Waals surface area contributed by atoms with Crippen LogP contribution in [-0.2, 0) is 12.3 Å². The molecular weight excluding hydrogens is 275 g/mol. The summed E-state index contributed by atoms with van der Waals surface area (Å²) in [5.41, 5.74) is 8.65. The van der Waals surface area contributed by atoms with Crippen LogP contribution >= 0.6 is 11.8 Å². The summed E-state index contributed by atoms with van der Waals surface area (Å²) in [6.45, 7) is 0.404. The molecule has 0 aliphatic carbocycles. The zero-order valence-corrected chi connectivity index (χ0v) is 11.5. The molecule has 0 unspecified atom stereocenters. The Kier molecular flexibility index (Phi) is 3.71. The highest BCUT2D eigenvalue weighted by atomic mass is 32.2. The van der Waals surface area contributed by atoms with Crippen LogP contribution < -0.4 is 5.73 Å². The fourth-order valence-electron chi connectivity index (χ4n) is 1.92. The summed E-state index contributed by atoms with van der Waals surface area (Å²) in [6, 6.07) is 12.5. The van der Waals surface area contributed by atoms with E-state index in [1.54, 1.807) is 12.1 Å². The van der Waals surface area contributed by atoms with E-state index in [0.717, 1.165) is 16.7 Å². The van der Waals surface area contributed by atoms with E-state index in [9.17, 15) is 4.39 Å². The molecule has 5 heteroatoms. The number of nitrogens with two attached hydrogens (primary N) is 1. The third kappa shape index (κ3) is 2.69. The van der Waals surface area contributed by atoms with E-state index in [0.29, 0.717) is 23.1 Å². The smallest absolute Gasteiger partial charge is 0.257 e. The van der Waals surface area contributed by atoms with Crippen molar-refractivity contribution in [1.82, 2.24) is 4.98 Å². The van der Waals surface area contributed by atoms with E-state index >= 15 is 0 Å². The summed E-state index contributed by atoms with van der Waals surface area (Å²) >= 11 is 1.37. The van der Waals surface area contributed by atoms with Gasteiger partial charge in [0.2, 0.25) is 0 Å². The Balaban J connectivity index is 1.79. The van der Waals surface area contributed by atoms with Gasteiger partial charge in [0.25, 0.3) is 5.22 Å². The number of oxazole rings is 1. The molecule has 0 fully saturated rings. The monoisotopic (exact) mass is 288 g/mol. The Morgan fingerprint density at radius 2 is 2.05 bits per heavy atom. The second-order valence-corrected chi connectivity index (χ2v) is 5.29. The second-order valence-electron chi connectivity index (χ2n) is 4.37. The van der Waals surface area contributed by atoms with Gasteiger partial charge in [0.15, 0.2) is 5.58 Å². The van der Waals surface area contributed by atoms with E-state index in [1.165, 1.54) is 17.8 Å². The van der Waals surface area contributed by atoms with Crippen LogP contribution in [-0.4, -0.2) is 4.98 Å². The molecule has 2 N–H and O–H groups in total. The summed E-state index contributed by atoms with van der Waals surface area (Å²) in [4.78, 5) is 4.35. The third-order valence-electron chi connectivity index (χ3n) is 2.97. The average Bonchev–Trinajstić information content (AvgIpc) is 2.89. The van der Waals surface area contributed by atoms with Crippen molar-refractivity contribution in [2.24, 2.45) is 5.73 Å². The Labute approximate surface area is 120 Å². The van der Waals surface area contributed by atoms with E-state index in [4.69, 9.17) is 10.2 Å². The lowest BCUT2D eigenvalue weighted by Crippen LogP contribution is -1.98. The van der Waals surface area contributed by atoms with Gasteiger partial charge in [-0.2, -0.15) is 0 Å². The SMILES string of the molecule is NCc1ccc(F)c(CSc2nc3ccccc3o2)c1.